The van der Waals surface area contributed by atoms with Crippen LogP contribution in [0.25, 0.3) is 11.1 Å². The van der Waals surface area contributed by atoms with E-state index in [1.165, 1.54) is 0 Å². The standard InChI is InChI=1S/C26H24N4O3/c27-15-20-12-17(3-4-24(20)33-21-6-10-32-11-7-21)18-5-9-29-25(13-18)30-26(31)23-14-22(23)19-2-1-8-28-16-19/h1-5,8-9,12-13,16,21-23H,6-7,10-11,14H2,(H,29,30,31)/t22-,23+/m0/s1. The summed E-state index contributed by atoms with van der Waals surface area (Å²) >= 11 is 0. The van der Waals surface area contributed by atoms with Gasteiger partial charge in [-0.1, -0.05) is 12.1 Å². The maximum Gasteiger partial charge on any atom is 0.229 e. The Bertz CT molecular complexity index is 1190. The molecule has 0 unspecified atom stereocenters. The van der Waals surface area contributed by atoms with Crippen LogP contribution in [0.2, 0.25) is 0 Å². The largest absolute Gasteiger partial charge is 0.489 e. The van der Waals surface area contributed by atoms with Crippen LogP contribution in [0.3, 0.4) is 0 Å². The Morgan fingerprint density at radius 1 is 1.12 bits per heavy atom. The van der Waals surface area contributed by atoms with Crippen molar-refractivity contribution in [3.05, 3.63) is 72.2 Å². The highest BCUT2D eigenvalue weighted by Crippen LogP contribution is 2.47. The number of benzene rings is 1. The van der Waals surface area contributed by atoms with Gasteiger partial charge in [-0.3, -0.25) is 9.78 Å². The predicted molar refractivity (Wildman–Crippen MR) is 123 cm³/mol. The average molecular weight is 441 g/mol. The van der Waals surface area contributed by atoms with Crippen LogP contribution in [0.4, 0.5) is 5.82 Å². The molecule has 0 spiro atoms. The van der Waals surface area contributed by atoms with E-state index in [0.29, 0.717) is 30.3 Å². The summed E-state index contributed by atoms with van der Waals surface area (Å²) in [4.78, 5) is 21.1. The van der Waals surface area contributed by atoms with Crippen molar-refractivity contribution in [2.24, 2.45) is 5.92 Å². The predicted octanol–water partition coefficient (Wildman–Crippen LogP) is 4.32. The molecule has 33 heavy (non-hydrogen) atoms. The summed E-state index contributed by atoms with van der Waals surface area (Å²) in [6, 6.07) is 15.4. The molecular formula is C26H24N4O3. The number of hydrogen-bond donors (Lipinski definition) is 1. The number of carbonyl (C=O) groups is 1. The lowest BCUT2D eigenvalue weighted by Gasteiger charge is -2.23. The summed E-state index contributed by atoms with van der Waals surface area (Å²) in [6.07, 6.45) is 7.74. The molecule has 1 aliphatic heterocycles. The van der Waals surface area contributed by atoms with Gasteiger partial charge in [-0.15, -0.1) is 0 Å². The molecule has 0 bridgehead atoms. The molecule has 2 aliphatic rings. The van der Waals surface area contributed by atoms with E-state index in [9.17, 15) is 10.1 Å². The SMILES string of the molecule is N#Cc1cc(-c2ccnc(NC(=O)[C@@H]3C[C@H]3c3cccnc3)c2)ccc1OC1CCOCC1. The molecule has 1 saturated heterocycles. The monoisotopic (exact) mass is 440 g/mol. The van der Waals surface area contributed by atoms with Gasteiger partial charge in [-0.05, 0) is 59.4 Å². The third-order valence-electron chi connectivity index (χ3n) is 6.15. The highest BCUT2D eigenvalue weighted by molar-refractivity contribution is 5.95. The van der Waals surface area contributed by atoms with Crippen molar-refractivity contribution in [1.29, 1.82) is 5.26 Å². The minimum atomic E-state index is -0.0635. The summed E-state index contributed by atoms with van der Waals surface area (Å²) in [7, 11) is 0. The third-order valence-corrected chi connectivity index (χ3v) is 6.15. The highest BCUT2D eigenvalue weighted by Gasteiger charge is 2.44. The molecule has 1 saturated carbocycles. The molecule has 2 atom stereocenters. The Hall–Kier alpha value is -3.76. The van der Waals surface area contributed by atoms with Gasteiger partial charge in [0.2, 0.25) is 5.91 Å². The Labute approximate surface area is 192 Å². The first-order chi connectivity index (χ1) is 16.2. The molecule has 7 heteroatoms. The lowest BCUT2D eigenvalue weighted by molar-refractivity contribution is -0.117. The van der Waals surface area contributed by atoms with E-state index in [2.05, 4.69) is 21.4 Å². The third kappa shape index (κ3) is 4.86. The van der Waals surface area contributed by atoms with Gasteiger partial charge in [0.15, 0.2) is 0 Å². The summed E-state index contributed by atoms with van der Waals surface area (Å²) in [5.74, 6) is 1.20. The number of hydrogen-bond acceptors (Lipinski definition) is 6. The van der Waals surface area contributed by atoms with Crippen molar-refractivity contribution >= 4 is 11.7 Å². The second-order valence-corrected chi connectivity index (χ2v) is 8.41. The molecule has 1 N–H and O–H groups in total. The maximum atomic E-state index is 12.7. The maximum absolute atomic E-state index is 12.7. The number of pyridine rings is 2. The van der Waals surface area contributed by atoms with Crippen LogP contribution in [-0.2, 0) is 9.53 Å². The van der Waals surface area contributed by atoms with Crippen molar-refractivity contribution in [2.75, 3.05) is 18.5 Å². The van der Waals surface area contributed by atoms with Gasteiger partial charge in [-0.25, -0.2) is 4.98 Å². The fourth-order valence-corrected chi connectivity index (χ4v) is 4.22. The second-order valence-electron chi connectivity index (χ2n) is 8.41. The van der Waals surface area contributed by atoms with E-state index in [0.717, 1.165) is 36.0 Å². The first-order valence-electron chi connectivity index (χ1n) is 11.2. The number of nitrogens with zero attached hydrogens (tertiary/aromatic N) is 3. The summed E-state index contributed by atoms with van der Waals surface area (Å²) < 4.78 is 11.4. The van der Waals surface area contributed by atoms with Gasteiger partial charge in [0, 0.05) is 37.4 Å². The number of carbonyl (C=O) groups excluding carboxylic acids is 1. The quantitative estimate of drug-likeness (QED) is 0.613. The van der Waals surface area contributed by atoms with E-state index in [-0.39, 0.29) is 23.8 Å². The zero-order valence-electron chi connectivity index (χ0n) is 18.1. The van der Waals surface area contributed by atoms with E-state index in [1.54, 1.807) is 12.4 Å². The smallest absolute Gasteiger partial charge is 0.229 e. The molecule has 2 aromatic heterocycles. The van der Waals surface area contributed by atoms with Crippen LogP contribution in [0.5, 0.6) is 5.75 Å². The Balaban J connectivity index is 1.28. The molecule has 0 radical (unpaired) electrons. The summed E-state index contributed by atoms with van der Waals surface area (Å²) in [6.45, 7) is 1.36. The molecule has 7 nitrogen and oxygen atoms in total. The number of amides is 1. The molecule has 2 fully saturated rings. The number of ether oxygens (including phenoxy) is 2. The van der Waals surface area contributed by atoms with Gasteiger partial charge >= 0.3 is 0 Å². The van der Waals surface area contributed by atoms with Crippen LogP contribution < -0.4 is 10.1 Å². The van der Waals surface area contributed by atoms with Gasteiger partial charge in [0.1, 0.15) is 23.7 Å². The lowest BCUT2D eigenvalue weighted by atomic mass is 10.0. The van der Waals surface area contributed by atoms with Gasteiger partial charge in [0.05, 0.1) is 18.8 Å². The second kappa shape index (κ2) is 9.39. The number of anilines is 1. The van der Waals surface area contributed by atoms with E-state index < -0.39 is 0 Å². The van der Waals surface area contributed by atoms with Crippen LogP contribution in [-0.4, -0.2) is 35.2 Å². The molecule has 1 aliphatic carbocycles. The van der Waals surface area contributed by atoms with Crippen LogP contribution in [0, 0.1) is 17.2 Å². The van der Waals surface area contributed by atoms with Crippen molar-refractivity contribution in [3.8, 4) is 22.9 Å². The van der Waals surface area contributed by atoms with Crippen molar-refractivity contribution in [2.45, 2.75) is 31.3 Å². The zero-order valence-corrected chi connectivity index (χ0v) is 18.1. The molecule has 166 valence electrons. The fraction of sp³-hybridized carbons (Fsp3) is 0.308. The van der Waals surface area contributed by atoms with Crippen LogP contribution in [0.1, 0.15) is 36.3 Å². The first-order valence-corrected chi connectivity index (χ1v) is 11.2. The molecular weight excluding hydrogens is 416 g/mol. The average Bonchev–Trinajstić information content (AvgIpc) is 3.67. The number of nitrogens with one attached hydrogen (secondary N) is 1. The molecule has 3 heterocycles. The topological polar surface area (TPSA) is 97.1 Å². The molecule has 5 rings (SSSR count). The van der Waals surface area contributed by atoms with E-state index in [1.807, 2.05) is 48.7 Å². The normalized spacial score (nSPS) is 20.0. The molecule has 1 aromatic carbocycles. The van der Waals surface area contributed by atoms with Crippen molar-refractivity contribution in [3.63, 3.8) is 0 Å². The van der Waals surface area contributed by atoms with Crippen molar-refractivity contribution < 1.29 is 14.3 Å². The minimum absolute atomic E-state index is 0.0357. The Morgan fingerprint density at radius 3 is 2.76 bits per heavy atom. The van der Waals surface area contributed by atoms with Crippen LogP contribution in [0.15, 0.2) is 61.1 Å². The van der Waals surface area contributed by atoms with Gasteiger partial charge in [-0.2, -0.15) is 5.26 Å². The minimum Gasteiger partial charge on any atom is -0.489 e. The van der Waals surface area contributed by atoms with Crippen LogP contribution >= 0.6 is 0 Å². The lowest BCUT2D eigenvalue weighted by Crippen LogP contribution is -2.26. The van der Waals surface area contributed by atoms with E-state index in [4.69, 9.17) is 9.47 Å². The van der Waals surface area contributed by atoms with Crippen molar-refractivity contribution in [1.82, 2.24) is 9.97 Å². The molecule has 3 aromatic rings. The Kier molecular flexibility index (Phi) is 6.01. The number of rotatable bonds is 6. The number of nitriles is 1. The van der Waals surface area contributed by atoms with Gasteiger partial charge in [0.25, 0.3) is 0 Å². The highest BCUT2D eigenvalue weighted by atomic mass is 16.5. The number of aromatic nitrogens is 2. The fourth-order valence-electron chi connectivity index (χ4n) is 4.22. The first kappa shape index (κ1) is 21.1. The zero-order chi connectivity index (χ0) is 22.6. The summed E-state index contributed by atoms with van der Waals surface area (Å²) in [5.41, 5.74) is 3.31. The summed E-state index contributed by atoms with van der Waals surface area (Å²) in [5, 5.41) is 12.6. The molecule has 1 amide bonds. The van der Waals surface area contributed by atoms with E-state index >= 15 is 0 Å². The Morgan fingerprint density at radius 2 is 1.97 bits per heavy atom. The van der Waals surface area contributed by atoms with Gasteiger partial charge < -0.3 is 14.8 Å².